The van der Waals surface area contributed by atoms with E-state index in [0.717, 1.165) is 38.5 Å². The maximum Gasteiger partial charge on any atom is 0.147 e. The van der Waals surface area contributed by atoms with Crippen LogP contribution in [0.1, 0.15) is 117 Å². The molecular weight excluding hydrogens is 326 g/mol. The van der Waals surface area contributed by atoms with Gasteiger partial charge in [-0.2, -0.15) is 0 Å². The average Bonchev–Trinajstić information content (AvgIpc) is 2.85. The zero-order valence-corrected chi connectivity index (χ0v) is 17.7. The summed E-state index contributed by atoms with van der Waals surface area (Å²) in [6.45, 7) is 7.11. The highest BCUT2D eigenvalue weighted by Crippen LogP contribution is 2.40. The van der Waals surface area contributed by atoms with E-state index in [9.17, 15) is 5.21 Å². The molecule has 1 N–H and O–H groups in total. The number of aliphatic hydroxyl groups excluding tert-OH is 1. The van der Waals surface area contributed by atoms with Crippen molar-refractivity contribution in [2.45, 2.75) is 128 Å². The van der Waals surface area contributed by atoms with Crippen LogP contribution in [0.5, 0.6) is 0 Å². The average molecular weight is 371 g/mol. The van der Waals surface area contributed by atoms with Gasteiger partial charge in [-0.3, -0.25) is 0 Å². The van der Waals surface area contributed by atoms with Crippen molar-refractivity contribution in [3.05, 3.63) is 0 Å². The van der Waals surface area contributed by atoms with Gasteiger partial charge in [-0.05, 0) is 46.0 Å². The van der Waals surface area contributed by atoms with Crippen molar-refractivity contribution in [3.8, 4) is 0 Å². The molecule has 0 spiro atoms. The molecule has 0 bridgehead atoms. The summed E-state index contributed by atoms with van der Waals surface area (Å²) in [6, 6.07) is 0. The van der Waals surface area contributed by atoms with E-state index < -0.39 is 11.3 Å². The second kappa shape index (κ2) is 13.1. The number of hydrogen-bond acceptors (Lipinski definition) is 3. The third kappa shape index (κ3) is 8.24. The Morgan fingerprint density at radius 3 is 1.69 bits per heavy atom. The highest BCUT2D eigenvalue weighted by Gasteiger charge is 2.51. The Hall–Kier alpha value is -0.160. The molecule has 1 heterocycles. The number of nitrogens with zero attached hydrogens (tertiary/aromatic N) is 1. The van der Waals surface area contributed by atoms with E-state index >= 15 is 0 Å². The van der Waals surface area contributed by atoms with Gasteiger partial charge >= 0.3 is 0 Å². The SMILES string of the molecule is CCCCCCCCC1(CCCCCCCCCO)OCC(C)(C)N1[O]. The van der Waals surface area contributed by atoms with Gasteiger partial charge in [0.15, 0.2) is 0 Å². The second-order valence-electron chi connectivity index (χ2n) is 8.81. The molecule has 155 valence electrons. The van der Waals surface area contributed by atoms with Gasteiger partial charge in [0.1, 0.15) is 5.72 Å². The third-order valence-electron chi connectivity index (χ3n) is 5.76. The van der Waals surface area contributed by atoms with Crippen molar-refractivity contribution in [1.82, 2.24) is 5.06 Å². The Morgan fingerprint density at radius 1 is 0.808 bits per heavy atom. The fourth-order valence-corrected chi connectivity index (χ4v) is 4.03. The first kappa shape index (κ1) is 23.9. The molecule has 0 aromatic rings. The molecule has 1 fully saturated rings. The smallest absolute Gasteiger partial charge is 0.147 e. The van der Waals surface area contributed by atoms with Gasteiger partial charge in [-0.25, -0.2) is 0 Å². The minimum Gasteiger partial charge on any atom is -0.396 e. The monoisotopic (exact) mass is 370 g/mol. The molecule has 1 aliphatic heterocycles. The molecule has 0 amide bonds. The Balaban J connectivity index is 2.33. The molecule has 0 saturated carbocycles. The molecule has 0 aromatic heterocycles. The molecule has 0 aliphatic carbocycles. The van der Waals surface area contributed by atoms with Crippen LogP contribution in [-0.4, -0.2) is 34.6 Å². The Kier molecular flexibility index (Phi) is 12.0. The summed E-state index contributed by atoms with van der Waals surface area (Å²) in [5, 5.41) is 23.0. The second-order valence-corrected chi connectivity index (χ2v) is 8.81. The van der Waals surface area contributed by atoms with Gasteiger partial charge in [0.05, 0.1) is 12.1 Å². The van der Waals surface area contributed by atoms with Crippen LogP contribution in [0.2, 0.25) is 0 Å². The molecule has 1 rings (SSSR count). The molecule has 1 saturated heterocycles. The summed E-state index contributed by atoms with van der Waals surface area (Å²) in [5.74, 6) is 0. The first-order valence-electron chi connectivity index (χ1n) is 11.2. The van der Waals surface area contributed by atoms with Crippen LogP contribution in [0.4, 0.5) is 0 Å². The van der Waals surface area contributed by atoms with E-state index in [4.69, 9.17) is 9.84 Å². The lowest BCUT2D eigenvalue weighted by Gasteiger charge is -2.35. The van der Waals surface area contributed by atoms with E-state index in [1.54, 1.807) is 0 Å². The molecule has 4 heteroatoms. The van der Waals surface area contributed by atoms with Crippen molar-refractivity contribution in [2.75, 3.05) is 13.2 Å². The van der Waals surface area contributed by atoms with Crippen LogP contribution < -0.4 is 0 Å². The van der Waals surface area contributed by atoms with Crippen LogP contribution >= 0.6 is 0 Å². The highest BCUT2D eigenvalue weighted by atomic mass is 16.6. The van der Waals surface area contributed by atoms with E-state index in [1.807, 2.05) is 13.8 Å². The molecule has 1 radical (unpaired) electrons. The Labute approximate surface area is 162 Å². The number of ether oxygens (including phenoxy) is 1. The predicted octanol–water partition coefficient (Wildman–Crippen LogP) is 6.00. The lowest BCUT2D eigenvalue weighted by molar-refractivity contribution is -0.296. The molecular formula is C22H44NO3. The first-order chi connectivity index (χ1) is 12.5. The summed E-state index contributed by atoms with van der Waals surface area (Å²) < 4.78 is 6.14. The summed E-state index contributed by atoms with van der Waals surface area (Å²) in [4.78, 5) is 0. The van der Waals surface area contributed by atoms with Crippen LogP contribution in [-0.2, 0) is 9.94 Å². The molecule has 4 nitrogen and oxygen atoms in total. The Bertz CT molecular complexity index is 348. The van der Waals surface area contributed by atoms with Crippen molar-refractivity contribution < 1.29 is 15.1 Å². The number of aliphatic hydroxyl groups is 1. The van der Waals surface area contributed by atoms with E-state index in [0.29, 0.717) is 13.2 Å². The fraction of sp³-hybridized carbons (Fsp3) is 1.00. The minimum atomic E-state index is -0.578. The molecule has 1 aliphatic rings. The predicted molar refractivity (Wildman–Crippen MR) is 107 cm³/mol. The van der Waals surface area contributed by atoms with Crippen LogP contribution in [0.3, 0.4) is 0 Å². The summed E-state index contributed by atoms with van der Waals surface area (Å²) >= 11 is 0. The summed E-state index contributed by atoms with van der Waals surface area (Å²) in [6.07, 6.45) is 17.2. The normalized spacial score (nSPS) is 23.0. The third-order valence-corrected chi connectivity index (χ3v) is 5.76. The summed E-state index contributed by atoms with van der Waals surface area (Å²) in [5.41, 5.74) is -0.975. The van der Waals surface area contributed by atoms with Crippen molar-refractivity contribution in [2.24, 2.45) is 0 Å². The van der Waals surface area contributed by atoms with Crippen LogP contribution in [0.15, 0.2) is 0 Å². The van der Waals surface area contributed by atoms with Gasteiger partial charge in [-0.1, -0.05) is 71.1 Å². The van der Waals surface area contributed by atoms with Crippen molar-refractivity contribution in [1.29, 1.82) is 0 Å². The standard InChI is InChI=1S/C22H44NO3/c1-4-5-6-7-11-14-17-22(23(25)21(2,3)20-26-22)18-15-12-9-8-10-13-16-19-24/h24H,4-20H2,1-3H3. The van der Waals surface area contributed by atoms with E-state index in [1.165, 1.54) is 62.9 Å². The lowest BCUT2D eigenvalue weighted by Crippen LogP contribution is -2.49. The molecule has 1 atom stereocenters. The molecule has 1 unspecified atom stereocenters. The van der Waals surface area contributed by atoms with Gasteiger partial charge < -0.3 is 9.84 Å². The quantitative estimate of drug-likeness (QED) is 0.339. The van der Waals surface area contributed by atoms with Gasteiger partial charge in [0, 0.05) is 6.61 Å². The summed E-state index contributed by atoms with van der Waals surface area (Å²) in [7, 11) is 0. The number of unbranched alkanes of at least 4 members (excludes halogenated alkanes) is 11. The molecule has 26 heavy (non-hydrogen) atoms. The molecule has 0 aromatic carbocycles. The Morgan fingerprint density at radius 2 is 1.27 bits per heavy atom. The fourth-order valence-electron chi connectivity index (χ4n) is 4.03. The highest BCUT2D eigenvalue weighted by molar-refractivity contribution is 4.93. The maximum atomic E-state index is 12.9. The van der Waals surface area contributed by atoms with Gasteiger partial charge in [0.2, 0.25) is 0 Å². The first-order valence-corrected chi connectivity index (χ1v) is 11.2. The number of rotatable bonds is 16. The lowest BCUT2D eigenvalue weighted by atomic mass is 9.95. The topological polar surface area (TPSA) is 52.6 Å². The zero-order chi connectivity index (χ0) is 19.3. The largest absolute Gasteiger partial charge is 0.396 e. The minimum absolute atomic E-state index is 0.313. The van der Waals surface area contributed by atoms with E-state index in [2.05, 4.69) is 6.92 Å². The number of hydrogen-bond donors (Lipinski definition) is 1. The zero-order valence-electron chi connectivity index (χ0n) is 17.7. The van der Waals surface area contributed by atoms with Crippen molar-refractivity contribution in [3.63, 3.8) is 0 Å². The van der Waals surface area contributed by atoms with Crippen molar-refractivity contribution >= 4 is 0 Å². The maximum absolute atomic E-state index is 12.9. The van der Waals surface area contributed by atoms with Gasteiger partial charge in [-0.15, -0.1) is 10.3 Å². The van der Waals surface area contributed by atoms with Crippen LogP contribution in [0, 0.1) is 0 Å². The van der Waals surface area contributed by atoms with E-state index in [-0.39, 0.29) is 0 Å². The number of hydroxylamine groups is 2. The van der Waals surface area contributed by atoms with Gasteiger partial charge in [0.25, 0.3) is 0 Å². The van der Waals surface area contributed by atoms with Crippen LogP contribution in [0.25, 0.3) is 0 Å².